The van der Waals surface area contributed by atoms with Crippen LogP contribution < -0.4 is 5.73 Å². The highest BCUT2D eigenvalue weighted by Crippen LogP contribution is 2.27. The van der Waals surface area contributed by atoms with Crippen LogP contribution in [0.25, 0.3) is 0 Å². The molecule has 1 nitrogen and oxygen atoms in total. The molecule has 94 valence electrons. The van der Waals surface area contributed by atoms with E-state index >= 15 is 0 Å². The SMILES string of the molecule is CC(N)(Cc1ccccc1Br)c1cccc(F)c1. The molecule has 0 aromatic heterocycles. The first-order chi connectivity index (χ1) is 8.49. The van der Waals surface area contributed by atoms with E-state index in [9.17, 15) is 4.39 Å². The zero-order valence-corrected chi connectivity index (χ0v) is 11.7. The van der Waals surface area contributed by atoms with Gasteiger partial charge in [-0.2, -0.15) is 0 Å². The standard InChI is InChI=1S/C15H15BrFN/c1-15(18,12-6-4-7-13(17)9-12)10-11-5-2-3-8-14(11)16/h2-9H,10,18H2,1H3. The van der Waals surface area contributed by atoms with Crippen molar-refractivity contribution < 1.29 is 4.39 Å². The van der Waals surface area contributed by atoms with E-state index in [4.69, 9.17) is 5.73 Å². The quantitative estimate of drug-likeness (QED) is 0.911. The second-order valence-electron chi connectivity index (χ2n) is 4.70. The summed E-state index contributed by atoms with van der Waals surface area (Å²) in [5.74, 6) is -0.253. The monoisotopic (exact) mass is 307 g/mol. The minimum Gasteiger partial charge on any atom is -0.321 e. The second kappa shape index (κ2) is 5.21. The summed E-state index contributed by atoms with van der Waals surface area (Å²) < 4.78 is 14.3. The molecule has 1 unspecified atom stereocenters. The zero-order valence-electron chi connectivity index (χ0n) is 10.2. The normalized spacial score (nSPS) is 14.2. The van der Waals surface area contributed by atoms with Gasteiger partial charge in [-0.15, -0.1) is 0 Å². The topological polar surface area (TPSA) is 26.0 Å². The van der Waals surface area contributed by atoms with Gasteiger partial charge < -0.3 is 5.73 Å². The van der Waals surface area contributed by atoms with Crippen LogP contribution in [0.4, 0.5) is 4.39 Å². The molecule has 0 aliphatic carbocycles. The zero-order chi connectivity index (χ0) is 13.2. The number of benzene rings is 2. The van der Waals surface area contributed by atoms with Gasteiger partial charge in [0.2, 0.25) is 0 Å². The van der Waals surface area contributed by atoms with E-state index in [2.05, 4.69) is 15.9 Å². The lowest BCUT2D eigenvalue weighted by Gasteiger charge is -2.26. The van der Waals surface area contributed by atoms with Gasteiger partial charge in [-0.1, -0.05) is 46.3 Å². The second-order valence-corrected chi connectivity index (χ2v) is 5.55. The number of hydrogen-bond acceptors (Lipinski definition) is 1. The third-order valence-electron chi connectivity index (χ3n) is 3.00. The largest absolute Gasteiger partial charge is 0.321 e. The summed E-state index contributed by atoms with van der Waals surface area (Å²) in [6.45, 7) is 1.92. The van der Waals surface area contributed by atoms with Crippen molar-refractivity contribution in [3.63, 3.8) is 0 Å². The summed E-state index contributed by atoms with van der Waals surface area (Å²) in [6, 6.07) is 14.4. The van der Waals surface area contributed by atoms with Crippen LogP contribution in [-0.4, -0.2) is 0 Å². The fraction of sp³-hybridized carbons (Fsp3) is 0.200. The summed E-state index contributed by atoms with van der Waals surface area (Å²) >= 11 is 3.51. The molecular formula is C15H15BrFN. The molecule has 0 bridgehead atoms. The van der Waals surface area contributed by atoms with E-state index in [0.717, 1.165) is 15.6 Å². The first kappa shape index (κ1) is 13.2. The molecule has 0 saturated heterocycles. The van der Waals surface area contributed by atoms with Gasteiger partial charge in [0, 0.05) is 10.0 Å². The lowest BCUT2D eigenvalue weighted by Crippen LogP contribution is -2.35. The Kier molecular flexibility index (Phi) is 3.83. The number of hydrogen-bond donors (Lipinski definition) is 1. The van der Waals surface area contributed by atoms with Gasteiger partial charge in [0.25, 0.3) is 0 Å². The van der Waals surface area contributed by atoms with Crippen LogP contribution in [0.1, 0.15) is 18.1 Å². The molecule has 0 fully saturated rings. The minimum atomic E-state index is -0.591. The van der Waals surface area contributed by atoms with E-state index in [0.29, 0.717) is 6.42 Å². The molecular weight excluding hydrogens is 293 g/mol. The van der Waals surface area contributed by atoms with Gasteiger partial charge in [0.05, 0.1) is 0 Å². The molecule has 1 atom stereocenters. The molecule has 2 N–H and O–H groups in total. The molecule has 0 amide bonds. The molecule has 2 aromatic carbocycles. The molecule has 18 heavy (non-hydrogen) atoms. The Labute approximate surface area is 115 Å². The van der Waals surface area contributed by atoms with Gasteiger partial charge in [-0.3, -0.25) is 0 Å². The van der Waals surface area contributed by atoms with Crippen LogP contribution in [0.5, 0.6) is 0 Å². The first-order valence-electron chi connectivity index (χ1n) is 5.77. The van der Waals surface area contributed by atoms with Crippen LogP contribution in [0.3, 0.4) is 0 Å². The van der Waals surface area contributed by atoms with Crippen molar-refractivity contribution in [3.8, 4) is 0 Å². The van der Waals surface area contributed by atoms with Crippen molar-refractivity contribution in [3.05, 3.63) is 69.9 Å². The third kappa shape index (κ3) is 2.98. The highest BCUT2D eigenvalue weighted by Gasteiger charge is 2.22. The fourth-order valence-electron chi connectivity index (χ4n) is 1.98. The van der Waals surface area contributed by atoms with Crippen molar-refractivity contribution >= 4 is 15.9 Å². The molecule has 2 rings (SSSR count). The Bertz CT molecular complexity index is 552. The van der Waals surface area contributed by atoms with Crippen molar-refractivity contribution in [2.24, 2.45) is 5.73 Å². The summed E-state index contributed by atoms with van der Waals surface area (Å²) in [5, 5.41) is 0. The smallest absolute Gasteiger partial charge is 0.123 e. The Hall–Kier alpha value is -1.19. The van der Waals surface area contributed by atoms with Crippen molar-refractivity contribution in [2.75, 3.05) is 0 Å². The van der Waals surface area contributed by atoms with Gasteiger partial charge >= 0.3 is 0 Å². The molecule has 0 radical (unpaired) electrons. The van der Waals surface area contributed by atoms with E-state index < -0.39 is 5.54 Å². The Morgan fingerprint density at radius 1 is 1.17 bits per heavy atom. The molecule has 0 spiro atoms. The van der Waals surface area contributed by atoms with Crippen LogP contribution in [0, 0.1) is 5.82 Å². The van der Waals surface area contributed by atoms with Crippen LogP contribution in [-0.2, 0) is 12.0 Å². The van der Waals surface area contributed by atoms with E-state index in [1.54, 1.807) is 6.07 Å². The summed E-state index contributed by atoms with van der Waals surface area (Å²) in [6.07, 6.45) is 0.651. The molecule has 0 aliphatic rings. The highest BCUT2D eigenvalue weighted by molar-refractivity contribution is 9.10. The van der Waals surface area contributed by atoms with Crippen molar-refractivity contribution in [1.29, 1.82) is 0 Å². The molecule has 0 aliphatic heterocycles. The third-order valence-corrected chi connectivity index (χ3v) is 3.77. The van der Waals surface area contributed by atoms with Gasteiger partial charge in [-0.25, -0.2) is 4.39 Å². The first-order valence-corrected chi connectivity index (χ1v) is 6.57. The van der Waals surface area contributed by atoms with E-state index in [1.807, 2.05) is 37.3 Å². The number of halogens is 2. The lowest BCUT2D eigenvalue weighted by molar-refractivity contribution is 0.485. The van der Waals surface area contributed by atoms with Crippen LogP contribution >= 0.6 is 15.9 Å². The van der Waals surface area contributed by atoms with E-state index in [1.165, 1.54) is 12.1 Å². The number of nitrogens with two attached hydrogens (primary N) is 1. The summed E-state index contributed by atoms with van der Waals surface area (Å²) in [5.41, 5.74) is 7.65. The summed E-state index contributed by atoms with van der Waals surface area (Å²) in [4.78, 5) is 0. The summed E-state index contributed by atoms with van der Waals surface area (Å²) in [7, 11) is 0. The van der Waals surface area contributed by atoms with Gasteiger partial charge in [0.1, 0.15) is 5.82 Å². The highest BCUT2D eigenvalue weighted by atomic mass is 79.9. The van der Waals surface area contributed by atoms with Gasteiger partial charge in [0.15, 0.2) is 0 Å². The van der Waals surface area contributed by atoms with Gasteiger partial charge in [-0.05, 0) is 42.7 Å². The average molecular weight is 308 g/mol. The molecule has 3 heteroatoms. The van der Waals surface area contributed by atoms with Crippen LogP contribution in [0.2, 0.25) is 0 Å². The Morgan fingerprint density at radius 3 is 2.56 bits per heavy atom. The molecule has 0 heterocycles. The average Bonchev–Trinajstić information content (AvgIpc) is 2.32. The van der Waals surface area contributed by atoms with E-state index in [-0.39, 0.29) is 5.82 Å². The Balaban J connectivity index is 2.30. The lowest BCUT2D eigenvalue weighted by atomic mass is 9.86. The van der Waals surface area contributed by atoms with Crippen molar-refractivity contribution in [2.45, 2.75) is 18.9 Å². The maximum atomic E-state index is 13.3. The predicted octanol–water partition coefficient (Wildman–Crippen LogP) is 4.00. The maximum absolute atomic E-state index is 13.3. The Morgan fingerprint density at radius 2 is 1.89 bits per heavy atom. The maximum Gasteiger partial charge on any atom is 0.123 e. The fourth-order valence-corrected chi connectivity index (χ4v) is 2.41. The number of rotatable bonds is 3. The molecule has 2 aromatic rings. The minimum absolute atomic E-state index is 0.253. The predicted molar refractivity (Wildman–Crippen MR) is 75.8 cm³/mol. The van der Waals surface area contributed by atoms with Crippen molar-refractivity contribution in [1.82, 2.24) is 0 Å². The molecule has 0 saturated carbocycles. The van der Waals surface area contributed by atoms with Crippen LogP contribution in [0.15, 0.2) is 53.0 Å².